The number of para-hydroxylation sites is 1. The minimum atomic E-state index is -1.00. The number of nitrogens with two attached hydrogens (primary N) is 1. The molecule has 0 saturated carbocycles. The highest BCUT2D eigenvalue weighted by atomic mass is 15.3. The highest BCUT2D eigenvalue weighted by molar-refractivity contribution is 5.85. The number of hydrogen-bond donors (Lipinski definition) is 5. The van der Waals surface area contributed by atoms with Crippen molar-refractivity contribution in [2.75, 3.05) is 39.3 Å². The Labute approximate surface area is 188 Å². The summed E-state index contributed by atoms with van der Waals surface area (Å²) in [5.41, 5.74) is 10.9. The minimum Gasteiger partial charge on any atom is -0.372 e. The van der Waals surface area contributed by atoms with Gasteiger partial charge in [0.15, 0.2) is 0 Å². The van der Waals surface area contributed by atoms with Crippen LogP contribution in [-0.4, -0.2) is 55.4 Å². The minimum absolute atomic E-state index is 0.891. The fourth-order valence-electron chi connectivity index (χ4n) is 4.37. The van der Waals surface area contributed by atoms with Crippen molar-refractivity contribution in [3.8, 4) is 11.3 Å². The normalized spacial score (nSPS) is 21.3. The maximum absolute atomic E-state index is 6.70. The number of aliphatic imine (C=N–C) groups is 1. The van der Waals surface area contributed by atoms with E-state index in [-0.39, 0.29) is 0 Å². The number of nitrogens with zero attached hydrogens (tertiary/aromatic N) is 2. The van der Waals surface area contributed by atoms with Gasteiger partial charge < -0.3 is 25.8 Å². The van der Waals surface area contributed by atoms with Crippen LogP contribution < -0.4 is 21.7 Å². The molecular formula is C25H31N7. The number of piperazine rings is 1. The van der Waals surface area contributed by atoms with E-state index in [0.29, 0.717) is 0 Å². The molecule has 0 amide bonds. The fourth-order valence-corrected chi connectivity index (χ4v) is 4.37. The summed E-state index contributed by atoms with van der Waals surface area (Å²) >= 11 is 0. The van der Waals surface area contributed by atoms with Crippen molar-refractivity contribution < 1.29 is 0 Å². The number of allylic oxidation sites excluding steroid dienone is 1. The largest absolute Gasteiger partial charge is 0.372 e. The Morgan fingerprint density at radius 3 is 2.81 bits per heavy atom. The molecule has 0 radical (unpaired) electrons. The Hall–Kier alpha value is -3.13. The molecule has 7 heteroatoms. The molecule has 1 fully saturated rings. The molecule has 32 heavy (non-hydrogen) atoms. The van der Waals surface area contributed by atoms with Gasteiger partial charge in [-0.2, -0.15) is 0 Å². The Morgan fingerprint density at radius 2 is 1.94 bits per heavy atom. The Bertz CT molecular complexity index is 1090. The van der Waals surface area contributed by atoms with Crippen LogP contribution in [0.1, 0.15) is 12.0 Å². The third-order valence-electron chi connectivity index (χ3n) is 6.16. The molecule has 6 N–H and O–H groups in total. The maximum atomic E-state index is 6.70. The Balaban J connectivity index is 1.24. The number of aromatic nitrogens is 1. The number of H-pyrrole nitrogens is 1. The molecule has 2 aliphatic heterocycles. The van der Waals surface area contributed by atoms with E-state index >= 15 is 0 Å². The zero-order chi connectivity index (χ0) is 21.8. The van der Waals surface area contributed by atoms with E-state index in [1.165, 1.54) is 5.39 Å². The van der Waals surface area contributed by atoms with Crippen LogP contribution >= 0.6 is 0 Å². The van der Waals surface area contributed by atoms with E-state index < -0.39 is 5.79 Å². The number of fused-ring (bicyclic) bond motifs is 1. The first-order valence-corrected chi connectivity index (χ1v) is 11.4. The lowest BCUT2D eigenvalue weighted by Gasteiger charge is -2.32. The first kappa shape index (κ1) is 20.8. The van der Waals surface area contributed by atoms with Crippen molar-refractivity contribution in [3.05, 3.63) is 72.1 Å². The van der Waals surface area contributed by atoms with Gasteiger partial charge >= 0.3 is 0 Å². The van der Waals surface area contributed by atoms with Gasteiger partial charge in [0.1, 0.15) is 5.82 Å². The van der Waals surface area contributed by atoms with Crippen LogP contribution in [0.15, 0.2) is 71.5 Å². The van der Waals surface area contributed by atoms with E-state index in [0.717, 1.165) is 73.8 Å². The fraction of sp³-hybridized carbons (Fsp3) is 0.320. The van der Waals surface area contributed by atoms with Gasteiger partial charge in [-0.15, -0.1) is 0 Å². The van der Waals surface area contributed by atoms with Crippen LogP contribution in [0.4, 0.5) is 0 Å². The van der Waals surface area contributed by atoms with Crippen LogP contribution in [0.25, 0.3) is 22.2 Å². The monoisotopic (exact) mass is 429 g/mol. The SMILES string of the molecule is NC1(c2cccc(-c3cc4ccccc4[nH]3)c2)N=CC=C(NCCCN2CCNCC2)N1. The molecule has 2 aliphatic rings. The van der Waals surface area contributed by atoms with Crippen molar-refractivity contribution in [2.45, 2.75) is 12.2 Å². The van der Waals surface area contributed by atoms with Crippen molar-refractivity contribution in [1.82, 2.24) is 25.8 Å². The molecule has 0 bridgehead atoms. The lowest BCUT2D eigenvalue weighted by atomic mass is 10.0. The molecule has 0 aliphatic carbocycles. The number of rotatable bonds is 7. The number of nitrogens with one attached hydrogen (secondary N) is 4. The summed E-state index contributed by atoms with van der Waals surface area (Å²) in [7, 11) is 0. The molecule has 1 unspecified atom stereocenters. The van der Waals surface area contributed by atoms with E-state index in [1.54, 1.807) is 6.21 Å². The summed E-state index contributed by atoms with van der Waals surface area (Å²) in [4.78, 5) is 10.6. The second-order valence-electron chi connectivity index (χ2n) is 8.47. The summed E-state index contributed by atoms with van der Waals surface area (Å²) in [5, 5.41) is 11.5. The third kappa shape index (κ3) is 4.55. The molecule has 3 heterocycles. The lowest BCUT2D eigenvalue weighted by molar-refractivity contribution is 0.238. The second-order valence-corrected chi connectivity index (χ2v) is 8.47. The molecule has 3 aromatic rings. The van der Waals surface area contributed by atoms with Crippen molar-refractivity contribution >= 4 is 17.1 Å². The topological polar surface area (TPSA) is 93.5 Å². The first-order chi connectivity index (χ1) is 15.7. The summed E-state index contributed by atoms with van der Waals surface area (Å²) in [6.07, 6.45) is 4.81. The van der Waals surface area contributed by atoms with Gasteiger partial charge in [-0.25, -0.2) is 4.99 Å². The van der Waals surface area contributed by atoms with Gasteiger partial charge in [0.25, 0.3) is 0 Å². The molecule has 166 valence electrons. The van der Waals surface area contributed by atoms with Gasteiger partial charge in [-0.3, -0.25) is 5.73 Å². The van der Waals surface area contributed by atoms with Crippen LogP contribution in [0, 0.1) is 0 Å². The molecule has 1 saturated heterocycles. The van der Waals surface area contributed by atoms with Gasteiger partial charge in [0.05, 0.1) is 0 Å². The number of benzene rings is 2. The average molecular weight is 430 g/mol. The Morgan fingerprint density at radius 1 is 1.06 bits per heavy atom. The number of aromatic amines is 1. The molecule has 0 spiro atoms. The summed E-state index contributed by atoms with van der Waals surface area (Å²) in [6, 6.07) is 18.7. The predicted molar refractivity (Wildman–Crippen MR) is 131 cm³/mol. The van der Waals surface area contributed by atoms with E-state index in [4.69, 9.17) is 5.73 Å². The van der Waals surface area contributed by atoms with Gasteiger partial charge in [0.2, 0.25) is 5.79 Å². The summed E-state index contributed by atoms with van der Waals surface area (Å²) in [6.45, 7) is 6.43. The van der Waals surface area contributed by atoms with Crippen LogP contribution in [-0.2, 0) is 5.79 Å². The number of hydrogen-bond acceptors (Lipinski definition) is 6. The van der Waals surface area contributed by atoms with Crippen LogP contribution in [0.3, 0.4) is 0 Å². The van der Waals surface area contributed by atoms with Gasteiger partial charge in [-0.1, -0.05) is 36.4 Å². The standard InChI is InChI=1S/C25H31N7/c26-25(29-11-9-24(31-25)28-10-4-14-32-15-12-27-13-16-32)21-7-3-6-19(17-21)23-18-20-5-1-2-8-22(20)30-23/h1-3,5-9,11,17-18,27-28,30-31H,4,10,12-16,26H2. The van der Waals surface area contributed by atoms with Gasteiger partial charge in [-0.05, 0) is 42.8 Å². The highest BCUT2D eigenvalue weighted by Gasteiger charge is 2.29. The molecule has 1 atom stereocenters. The highest BCUT2D eigenvalue weighted by Crippen LogP contribution is 2.28. The average Bonchev–Trinajstić information content (AvgIpc) is 3.27. The smallest absolute Gasteiger partial charge is 0.210 e. The van der Waals surface area contributed by atoms with E-state index in [2.05, 4.69) is 67.2 Å². The summed E-state index contributed by atoms with van der Waals surface area (Å²) < 4.78 is 0. The zero-order valence-electron chi connectivity index (χ0n) is 18.3. The summed E-state index contributed by atoms with van der Waals surface area (Å²) in [5.74, 6) is -0.101. The molecule has 1 aromatic heterocycles. The molecule has 5 rings (SSSR count). The first-order valence-electron chi connectivity index (χ1n) is 11.4. The quantitative estimate of drug-likeness (QED) is 0.372. The maximum Gasteiger partial charge on any atom is 0.210 e. The zero-order valence-corrected chi connectivity index (χ0v) is 18.3. The van der Waals surface area contributed by atoms with Crippen LogP contribution in [0.2, 0.25) is 0 Å². The van der Waals surface area contributed by atoms with Crippen molar-refractivity contribution in [2.24, 2.45) is 10.7 Å². The second kappa shape index (κ2) is 9.16. The van der Waals surface area contributed by atoms with Gasteiger partial charge in [0, 0.05) is 61.1 Å². The third-order valence-corrected chi connectivity index (χ3v) is 6.16. The van der Waals surface area contributed by atoms with Crippen molar-refractivity contribution in [1.29, 1.82) is 0 Å². The van der Waals surface area contributed by atoms with Crippen molar-refractivity contribution in [3.63, 3.8) is 0 Å². The van der Waals surface area contributed by atoms with Crippen LogP contribution in [0.5, 0.6) is 0 Å². The lowest BCUT2D eigenvalue weighted by Crippen LogP contribution is -2.52. The van der Waals surface area contributed by atoms with E-state index in [9.17, 15) is 0 Å². The molecule has 2 aromatic carbocycles. The molecule has 7 nitrogen and oxygen atoms in total. The predicted octanol–water partition coefficient (Wildman–Crippen LogP) is 2.30. The Kier molecular flexibility index (Phi) is 5.94. The van der Waals surface area contributed by atoms with E-state index in [1.807, 2.05) is 24.3 Å². The molecular weight excluding hydrogens is 398 g/mol.